The lowest BCUT2D eigenvalue weighted by Crippen LogP contribution is -2.39. The van der Waals surface area contributed by atoms with Crippen LogP contribution in [0.25, 0.3) is 10.9 Å². The maximum Gasteiger partial charge on any atom is 0.131 e. The molecule has 3 heterocycles. The summed E-state index contributed by atoms with van der Waals surface area (Å²) in [5.74, 6) is 0.991. The zero-order valence-electron chi connectivity index (χ0n) is 10.7. The molecule has 3 nitrogen and oxygen atoms in total. The highest BCUT2D eigenvalue weighted by atomic mass is 16.5. The van der Waals surface area contributed by atoms with Gasteiger partial charge in [-0.25, -0.2) is 0 Å². The summed E-state index contributed by atoms with van der Waals surface area (Å²) in [6.45, 7) is 2.12. The van der Waals surface area contributed by atoms with Gasteiger partial charge in [0.2, 0.25) is 0 Å². The van der Waals surface area contributed by atoms with Crippen LogP contribution in [0.15, 0.2) is 42.8 Å². The Morgan fingerprint density at radius 1 is 1.21 bits per heavy atom. The molecule has 0 radical (unpaired) electrons. The molecular weight excluding hydrogens is 236 g/mol. The largest absolute Gasteiger partial charge is 0.465 e. The van der Waals surface area contributed by atoms with Crippen LogP contribution in [-0.2, 0) is 5.41 Å². The highest BCUT2D eigenvalue weighted by molar-refractivity contribution is 5.82. The molecule has 0 amide bonds. The third kappa shape index (κ3) is 1.65. The average molecular weight is 252 g/mol. The molecule has 1 saturated heterocycles. The van der Waals surface area contributed by atoms with Gasteiger partial charge in [-0.05, 0) is 50.2 Å². The summed E-state index contributed by atoms with van der Waals surface area (Å²) >= 11 is 0. The molecule has 96 valence electrons. The number of piperidine rings is 1. The van der Waals surface area contributed by atoms with Gasteiger partial charge in [0.25, 0.3) is 0 Å². The van der Waals surface area contributed by atoms with Gasteiger partial charge in [0.1, 0.15) is 5.75 Å². The van der Waals surface area contributed by atoms with Crippen molar-refractivity contribution < 1.29 is 4.74 Å². The summed E-state index contributed by atoms with van der Waals surface area (Å²) in [5.41, 5.74) is 2.48. The average Bonchev–Trinajstić information content (AvgIpc) is 2.47. The topological polar surface area (TPSA) is 34.2 Å². The van der Waals surface area contributed by atoms with E-state index in [9.17, 15) is 0 Å². The van der Waals surface area contributed by atoms with Crippen molar-refractivity contribution in [1.29, 1.82) is 0 Å². The molecule has 4 rings (SSSR count). The fourth-order valence-corrected chi connectivity index (χ4v) is 3.22. The number of benzene rings is 1. The standard InChI is InChI=1S/C16H16N2O/c1-2-12-10-15-13(11-14(12)18-6-1)16(5-9-19-15)3-7-17-8-4-16/h1-2,5-6,9-11,17H,3-4,7-8H2. The number of nitrogens with zero attached hydrogens (tertiary/aromatic N) is 1. The van der Waals surface area contributed by atoms with Crippen LogP contribution in [0, 0.1) is 0 Å². The Hall–Kier alpha value is -1.87. The first-order chi connectivity index (χ1) is 9.37. The molecule has 0 bridgehead atoms. The van der Waals surface area contributed by atoms with E-state index in [1.54, 1.807) is 0 Å². The Labute approximate surface area is 112 Å². The first kappa shape index (κ1) is 11.0. The zero-order chi connectivity index (χ0) is 12.7. The number of hydrogen-bond donors (Lipinski definition) is 1. The van der Waals surface area contributed by atoms with Gasteiger partial charge in [0, 0.05) is 22.6 Å². The molecular formula is C16H16N2O. The lowest BCUT2D eigenvalue weighted by atomic mass is 9.72. The summed E-state index contributed by atoms with van der Waals surface area (Å²) in [5, 5.41) is 4.57. The number of allylic oxidation sites excluding steroid dienone is 1. The zero-order valence-corrected chi connectivity index (χ0v) is 10.7. The lowest BCUT2D eigenvalue weighted by molar-refractivity contribution is 0.333. The van der Waals surface area contributed by atoms with Crippen molar-refractivity contribution in [3.05, 3.63) is 48.4 Å². The van der Waals surface area contributed by atoms with Crippen LogP contribution in [0.5, 0.6) is 5.75 Å². The molecule has 1 fully saturated rings. The highest BCUT2D eigenvalue weighted by Gasteiger charge is 2.36. The van der Waals surface area contributed by atoms with Crippen molar-refractivity contribution in [2.24, 2.45) is 0 Å². The molecule has 1 N–H and O–H groups in total. The maximum absolute atomic E-state index is 5.73. The van der Waals surface area contributed by atoms with Gasteiger partial charge in [0.05, 0.1) is 11.8 Å². The Balaban J connectivity index is 1.93. The lowest BCUT2D eigenvalue weighted by Gasteiger charge is -2.38. The fourth-order valence-electron chi connectivity index (χ4n) is 3.22. The Kier molecular flexibility index (Phi) is 2.35. The van der Waals surface area contributed by atoms with E-state index in [0.29, 0.717) is 0 Å². The third-order valence-corrected chi connectivity index (χ3v) is 4.32. The van der Waals surface area contributed by atoms with E-state index in [-0.39, 0.29) is 5.41 Å². The minimum Gasteiger partial charge on any atom is -0.465 e. The predicted molar refractivity (Wildman–Crippen MR) is 75.3 cm³/mol. The number of ether oxygens (including phenoxy) is 1. The Morgan fingerprint density at radius 3 is 3.00 bits per heavy atom. The van der Waals surface area contributed by atoms with Crippen LogP contribution in [0.3, 0.4) is 0 Å². The quantitative estimate of drug-likeness (QED) is 0.783. The van der Waals surface area contributed by atoms with Crippen molar-refractivity contribution >= 4 is 10.9 Å². The SMILES string of the molecule is C1=CC2(CCNCC2)c2cc3ncccc3cc2O1. The van der Waals surface area contributed by atoms with Crippen molar-refractivity contribution in [2.45, 2.75) is 18.3 Å². The van der Waals surface area contributed by atoms with Gasteiger partial charge in [-0.2, -0.15) is 0 Å². The van der Waals surface area contributed by atoms with E-state index in [0.717, 1.165) is 42.6 Å². The molecule has 0 atom stereocenters. The van der Waals surface area contributed by atoms with Gasteiger partial charge in [0.15, 0.2) is 0 Å². The summed E-state index contributed by atoms with van der Waals surface area (Å²) in [6, 6.07) is 8.37. The highest BCUT2D eigenvalue weighted by Crippen LogP contribution is 2.44. The first-order valence-electron chi connectivity index (χ1n) is 6.82. The van der Waals surface area contributed by atoms with Crippen molar-refractivity contribution in [3.63, 3.8) is 0 Å². The van der Waals surface area contributed by atoms with E-state index in [4.69, 9.17) is 4.74 Å². The van der Waals surface area contributed by atoms with E-state index in [2.05, 4.69) is 34.6 Å². The molecule has 0 saturated carbocycles. The second-order valence-electron chi connectivity index (χ2n) is 5.37. The van der Waals surface area contributed by atoms with E-state index < -0.39 is 0 Å². The number of hydrogen-bond acceptors (Lipinski definition) is 3. The summed E-state index contributed by atoms with van der Waals surface area (Å²) in [7, 11) is 0. The van der Waals surface area contributed by atoms with Crippen molar-refractivity contribution in [2.75, 3.05) is 13.1 Å². The number of aromatic nitrogens is 1. The third-order valence-electron chi connectivity index (χ3n) is 4.32. The van der Waals surface area contributed by atoms with Crippen LogP contribution < -0.4 is 10.1 Å². The van der Waals surface area contributed by atoms with E-state index in [1.807, 2.05) is 18.5 Å². The second kappa shape index (κ2) is 4.07. The molecule has 2 aliphatic heterocycles. The number of rotatable bonds is 0. The molecule has 0 aliphatic carbocycles. The Morgan fingerprint density at radius 2 is 2.11 bits per heavy atom. The van der Waals surface area contributed by atoms with Crippen molar-refractivity contribution in [1.82, 2.24) is 10.3 Å². The van der Waals surface area contributed by atoms with Crippen molar-refractivity contribution in [3.8, 4) is 5.75 Å². The fraction of sp³-hybridized carbons (Fsp3) is 0.312. The minimum absolute atomic E-state index is 0.130. The number of nitrogens with one attached hydrogen (secondary N) is 1. The van der Waals surface area contributed by atoms with Gasteiger partial charge < -0.3 is 10.1 Å². The van der Waals surface area contributed by atoms with Gasteiger partial charge in [-0.15, -0.1) is 0 Å². The minimum atomic E-state index is 0.130. The summed E-state index contributed by atoms with van der Waals surface area (Å²) in [4.78, 5) is 4.47. The summed E-state index contributed by atoms with van der Waals surface area (Å²) < 4.78 is 5.73. The molecule has 1 aromatic heterocycles. The maximum atomic E-state index is 5.73. The molecule has 2 aromatic rings. The summed E-state index contributed by atoms with van der Waals surface area (Å²) in [6.07, 6.45) is 8.18. The van der Waals surface area contributed by atoms with Crippen LogP contribution in [0.4, 0.5) is 0 Å². The normalized spacial score (nSPS) is 20.2. The second-order valence-corrected chi connectivity index (χ2v) is 5.37. The molecule has 1 spiro atoms. The molecule has 19 heavy (non-hydrogen) atoms. The smallest absolute Gasteiger partial charge is 0.131 e. The number of pyridine rings is 1. The van der Waals surface area contributed by atoms with E-state index >= 15 is 0 Å². The molecule has 1 aromatic carbocycles. The molecule has 2 aliphatic rings. The van der Waals surface area contributed by atoms with Crippen LogP contribution in [0.2, 0.25) is 0 Å². The van der Waals surface area contributed by atoms with Crippen LogP contribution >= 0.6 is 0 Å². The number of fused-ring (bicyclic) bond motifs is 3. The van der Waals surface area contributed by atoms with E-state index in [1.165, 1.54) is 5.56 Å². The monoisotopic (exact) mass is 252 g/mol. The van der Waals surface area contributed by atoms with Crippen LogP contribution in [-0.4, -0.2) is 18.1 Å². The van der Waals surface area contributed by atoms with Gasteiger partial charge >= 0.3 is 0 Å². The predicted octanol–water partition coefficient (Wildman–Crippen LogP) is 2.76. The molecule has 3 heteroatoms. The van der Waals surface area contributed by atoms with Crippen LogP contribution in [0.1, 0.15) is 18.4 Å². The first-order valence-corrected chi connectivity index (χ1v) is 6.82. The van der Waals surface area contributed by atoms with Gasteiger partial charge in [-0.1, -0.05) is 6.07 Å². The Bertz CT molecular complexity index is 657. The van der Waals surface area contributed by atoms with Gasteiger partial charge in [-0.3, -0.25) is 4.98 Å². The molecule has 0 unspecified atom stereocenters.